The number of aryl methyl sites for hydroxylation is 1. The van der Waals surface area contributed by atoms with Crippen molar-refractivity contribution in [2.24, 2.45) is 0 Å². The van der Waals surface area contributed by atoms with Crippen LogP contribution in [0.4, 0.5) is 0 Å². The maximum atomic E-state index is 10.2. The Bertz CT molecular complexity index is 347. The highest BCUT2D eigenvalue weighted by Crippen LogP contribution is 2.42. The summed E-state index contributed by atoms with van der Waals surface area (Å²) in [6, 6.07) is 5.80. The lowest BCUT2D eigenvalue weighted by molar-refractivity contribution is -0.0393. The van der Waals surface area contributed by atoms with Gasteiger partial charge < -0.3 is 5.11 Å². The maximum absolute atomic E-state index is 10.2. The quantitative estimate of drug-likeness (QED) is 0.802. The number of rotatable bonds is 1. The van der Waals surface area contributed by atoms with Gasteiger partial charge >= 0.3 is 0 Å². The fourth-order valence-electron chi connectivity index (χ4n) is 1.80. The Morgan fingerprint density at radius 2 is 2.31 bits per heavy atom. The van der Waals surface area contributed by atoms with E-state index in [2.05, 4.69) is 15.9 Å². The van der Waals surface area contributed by atoms with E-state index < -0.39 is 5.60 Å². The van der Waals surface area contributed by atoms with Gasteiger partial charge in [0, 0.05) is 5.84 Å². The molecule has 0 amide bonds. The normalized spacial score (nSPS) is 20.6. The predicted molar refractivity (Wildman–Crippen MR) is 56.6 cm³/mol. The average Bonchev–Trinajstić information content (AvgIpc) is 2.14. The number of benzene rings is 1. The fourth-order valence-corrected chi connectivity index (χ4v) is 2.21. The van der Waals surface area contributed by atoms with Gasteiger partial charge in [0.2, 0.25) is 0 Å². The Balaban J connectivity index is 2.41. The molecule has 0 heterocycles. The van der Waals surface area contributed by atoms with Crippen LogP contribution in [0.25, 0.3) is 0 Å². The van der Waals surface area contributed by atoms with Gasteiger partial charge in [-0.05, 0) is 49.4 Å². The van der Waals surface area contributed by atoms with Gasteiger partial charge in [-0.2, -0.15) is 0 Å². The van der Waals surface area contributed by atoms with Gasteiger partial charge in [-0.3, -0.25) is 0 Å². The van der Waals surface area contributed by atoms with Crippen molar-refractivity contribution in [3.05, 3.63) is 33.8 Å². The Kier molecular flexibility index (Phi) is 1.91. The van der Waals surface area contributed by atoms with Gasteiger partial charge in [0.25, 0.3) is 0 Å². The molecule has 2 heteroatoms. The van der Waals surface area contributed by atoms with Crippen LogP contribution in [0.2, 0.25) is 0 Å². The van der Waals surface area contributed by atoms with Crippen LogP contribution in [0.1, 0.15) is 31.8 Å². The van der Waals surface area contributed by atoms with Gasteiger partial charge in [-0.1, -0.05) is 22.0 Å². The second-order valence-corrected chi connectivity index (χ2v) is 4.60. The number of hydrogen-bond acceptors (Lipinski definition) is 1. The molecule has 0 bridgehead atoms. The lowest BCUT2D eigenvalue weighted by atomic mass is 9.74. The fraction of sp³-hybridized carbons (Fsp3) is 0.455. The van der Waals surface area contributed by atoms with Crippen molar-refractivity contribution >= 4 is 15.9 Å². The molecule has 0 radical (unpaired) electrons. The monoisotopic (exact) mass is 241 g/mol. The highest BCUT2D eigenvalue weighted by molar-refractivity contribution is 9.10. The maximum Gasteiger partial charge on any atom is 0.0899 e. The summed E-state index contributed by atoms with van der Waals surface area (Å²) in [6.07, 6.45) is 2.76. The number of halogens is 1. The second kappa shape index (κ2) is 3.10. The standard InChI is InChI=1S/C11H13BrO/c1-8-7-9(12)3-4-10(8)11(13)5-2-6-11/h3-4,7,13H,2,5-6H2,1H3/i1D. The van der Waals surface area contributed by atoms with Crippen LogP contribution in [0, 0.1) is 6.90 Å². The Hall–Kier alpha value is -0.340. The first kappa shape index (κ1) is 8.01. The molecule has 0 aliphatic heterocycles. The van der Waals surface area contributed by atoms with Crippen LogP contribution in [-0.2, 0) is 5.60 Å². The van der Waals surface area contributed by atoms with Crippen molar-refractivity contribution in [3.8, 4) is 0 Å². The molecule has 13 heavy (non-hydrogen) atoms. The largest absolute Gasteiger partial charge is 0.385 e. The average molecular weight is 242 g/mol. The molecule has 0 spiro atoms. The van der Waals surface area contributed by atoms with Crippen molar-refractivity contribution in [3.63, 3.8) is 0 Å². The van der Waals surface area contributed by atoms with E-state index in [0.29, 0.717) is 0 Å². The molecule has 2 rings (SSSR count). The van der Waals surface area contributed by atoms with Gasteiger partial charge in [0.1, 0.15) is 0 Å². The van der Waals surface area contributed by atoms with Crippen molar-refractivity contribution in [1.82, 2.24) is 0 Å². The predicted octanol–water partition coefficient (Wildman–Crippen LogP) is 3.13. The van der Waals surface area contributed by atoms with E-state index in [0.717, 1.165) is 34.9 Å². The van der Waals surface area contributed by atoms with Gasteiger partial charge in [0.15, 0.2) is 0 Å². The highest BCUT2D eigenvalue weighted by atomic mass is 79.9. The molecule has 1 saturated carbocycles. The summed E-state index contributed by atoms with van der Waals surface area (Å²) in [4.78, 5) is 0. The minimum atomic E-state index is -0.642. The van der Waals surface area contributed by atoms with Gasteiger partial charge in [0.05, 0.1) is 5.60 Å². The molecule has 0 atom stereocenters. The Labute approximate surface area is 88.3 Å². The number of aliphatic hydroxyl groups is 1. The highest BCUT2D eigenvalue weighted by Gasteiger charge is 2.36. The van der Waals surface area contributed by atoms with Crippen LogP contribution in [0.5, 0.6) is 0 Å². The third kappa shape index (κ3) is 1.53. The summed E-state index contributed by atoms with van der Waals surface area (Å²) >= 11 is 3.38. The summed E-state index contributed by atoms with van der Waals surface area (Å²) in [5, 5.41) is 10.2. The van der Waals surface area contributed by atoms with E-state index in [1.807, 2.05) is 18.2 Å². The first-order valence-corrected chi connectivity index (χ1v) is 5.25. The molecule has 0 saturated heterocycles. The summed E-state index contributed by atoms with van der Waals surface area (Å²) in [5.41, 5.74) is 1.24. The molecule has 1 aliphatic carbocycles. The lowest BCUT2D eigenvalue weighted by Gasteiger charge is -2.38. The molecule has 1 aliphatic rings. The minimum absolute atomic E-state index is 0.233. The molecule has 0 unspecified atom stereocenters. The topological polar surface area (TPSA) is 20.2 Å². The zero-order chi connectivity index (χ0) is 10.2. The third-order valence-corrected chi connectivity index (χ3v) is 3.24. The van der Waals surface area contributed by atoms with Crippen LogP contribution >= 0.6 is 15.9 Å². The molecule has 1 aromatic carbocycles. The van der Waals surface area contributed by atoms with E-state index in [9.17, 15) is 5.11 Å². The third-order valence-electron chi connectivity index (χ3n) is 2.75. The summed E-state index contributed by atoms with van der Waals surface area (Å²) in [6.45, 7) is 0.233. The van der Waals surface area contributed by atoms with E-state index in [4.69, 9.17) is 1.37 Å². The Morgan fingerprint density at radius 1 is 1.54 bits per heavy atom. The molecule has 0 aromatic heterocycles. The molecular formula is C11H13BrO. The first-order chi connectivity index (χ1) is 6.65. The van der Waals surface area contributed by atoms with E-state index >= 15 is 0 Å². The van der Waals surface area contributed by atoms with Gasteiger partial charge in [-0.15, -0.1) is 0 Å². The summed E-state index contributed by atoms with van der Waals surface area (Å²) < 4.78 is 8.41. The lowest BCUT2D eigenvalue weighted by Crippen LogP contribution is -2.34. The minimum Gasteiger partial charge on any atom is -0.385 e. The van der Waals surface area contributed by atoms with Crippen LogP contribution in [-0.4, -0.2) is 5.11 Å². The molecule has 1 nitrogen and oxygen atoms in total. The van der Waals surface area contributed by atoms with E-state index in [1.54, 1.807) is 0 Å². The van der Waals surface area contributed by atoms with Crippen molar-refractivity contribution in [1.29, 1.82) is 0 Å². The van der Waals surface area contributed by atoms with Crippen LogP contribution < -0.4 is 0 Å². The molecule has 1 fully saturated rings. The molecule has 1 N–H and O–H groups in total. The summed E-state index contributed by atoms with van der Waals surface area (Å²) in [5.74, 6) is 0. The Morgan fingerprint density at radius 3 is 2.85 bits per heavy atom. The number of hydrogen-bond donors (Lipinski definition) is 1. The van der Waals surface area contributed by atoms with Crippen molar-refractivity contribution in [2.45, 2.75) is 31.8 Å². The van der Waals surface area contributed by atoms with Crippen molar-refractivity contribution in [2.75, 3.05) is 0 Å². The molecule has 1 aromatic rings. The zero-order valence-electron chi connectivity index (χ0n) is 8.39. The van der Waals surface area contributed by atoms with Crippen LogP contribution in [0.15, 0.2) is 22.7 Å². The smallest absolute Gasteiger partial charge is 0.0899 e. The van der Waals surface area contributed by atoms with Crippen molar-refractivity contribution < 1.29 is 6.48 Å². The molecular weight excluding hydrogens is 228 g/mol. The van der Waals surface area contributed by atoms with Gasteiger partial charge in [-0.25, -0.2) is 0 Å². The second-order valence-electron chi connectivity index (χ2n) is 3.69. The first-order valence-electron chi connectivity index (χ1n) is 5.17. The zero-order valence-corrected chi connectivity index (χ0v) is 8.97. The van der Waals surface area contributed by atoms with E-state index in [1.165, 1.54) is 0 Å². The SMILES string of the molecule is [2H]Cc1cc(Br)ccc1C1(O)CCC1. The van der Waals surface area contributed by atoms with Crippen LogP contribution in [0.3, 0.4) is 0 Å². The summed E-state index contributed by atoms with van der Waals surface area (Å²) in [7, 11) is 0. The van der Waals surface area contributed by atoms with E-state index in [-0.39, 0.29) is 6.90 Å². The molecule has 70 valence electrons.